The predicted octanol–water partition coefficient (Wildman–Crippen LogP) is 3.54. The summed E-state index contributed by atoms with van der Waals surface area (Å²) >= 11 is 0. The van der Waals surface area contributed by atoms with Crippen LogP contribution in [0.3, 0.4) is 0 Å². The van der Waals surface area contributed by atoms with E-state index < -0.39 is 24.0 Å². The second kappa shape index (κ2) is 6.68. The Bertz CT molecular complexity index is 666. The summed E-state index contributed by atoms with van der Waals surface area (Å²) in [6.07, 6.45) is -4.56. The summed E-state index contributed by atoms with van der Waals surface area (Å²) in [5.41, 5.74) is 6.50. The molecule has 0 radical (unpaired) electrons. The Labute approximate surface area is 129 Å². The molecular formula is C16H13F4NO2. The SMILES string of the molecule is NC(=O)C(Cc1ccc(F)cc1)c1ccc(OC(F)(F)F)cc1. The second-order valence-corrected chi connectivity index (χ2v) is 4.90. The minimum Gasteiger partial charge on any atom is -0.406 e. The molecule has 2 aromatic carbocycles. The number of amides is 1. The zero-order valence-corrected chi connectivity index (χ0v) is 11.8. The summed E-state index contributed by atoms with van der Waals surface area (Å²) in [6.45, 7) is 0. The number of benzene rings is 2. The normalized spacial score (nSPS) is 12.7. The Hall–Kier alpha value is -2.57. The first-order valence-corrected chi connectivity index (χ1v) is 6.64. The van der Waals surface area contributed by atoms with Crippen LogP contribution in [0.2, 0.25) is 0 Å². The van der Waals surface area contributed by atoms with Crippen LogP contribution in [0.5, 0.6) is 5.75 Å². The van der Waals surface area contributed by atoms with E-state index in [4.69, 9.17) is 5.73 Å². The number of primary amides is 1. The summed E-state index contributed by atoms with van der Waals surface area (Å²) in [6, 6.07) is 10.5. The largest absolute Gasteiger partial charge is 0.573 e. The number of nitrogens with two attached hydrogens (primary N) is 1. The summed E-state index contributed by atoms with van der Waals surface area (Å²) in [7, 11) is 0. The van der Waals surface area contributed by atoms with E-state index in [-0.39, 0.29) is 12.2 Å². The molecule has 0 fully saturated rings. The standard InChI is InChI=1S/C16H13F4NO2/c17-12-5-1-10(2-6-12)9-14(15(21)22)11-3-7-13(8-4-11)23-16(18,19)20/h1-8,14H,9H2,(H2,21,22). The fourth-order valence-electron chi connectivity index (χ4n) is 2.14. The molecule has 0 spiro atoms. The van der Waals surface area contributed by atoms with Crippen LogP contribution in [0.15, 0.2) is 48.5 Å². The third-order valence-corrected chi connectivity index (χ3v) is 3.21. The highest BCUT2D eigenvalue weighted by Crippen LogP contribution is 2.26. The first-order valence-electron chi connectivity index (χ1n) is 6.64. The molecule has 2 rings (SSSR count). The van der Waals surface area contributed by atoms with Crippen LogP contribution < -0.4 is 10.5 Å². The van der Waals surface area contributed by atoms with Crippen LogP contribution in [0.25, 0.3) is 0 Å². The van der Waals surface area contributed by atoms with E-state index in [0.717, 1.165) is 12.1 Å². The van der Waals surface area contributed by atoms with Gasteiger partial charge in [0.1, 0.15) is 11.6 Å². The quantitative estimate of drug-likeness (QED) is 0.854. The van der Waals surface area contributed by atoms with Gasteiger partial charge in [0, 0.05) is 0 Å². The number of carbonyl (C=O) groups is 1. The second-order valence-electron chi connectivity index (χ2n) is 4.90. The van der Waals surface area contributed by atoms with Crippen molar-refractivity contribution in [2.45, 2.75) is 18.7 Å². The van der Waals surface area contributed by atoms with E-state index in [1.54, 1.807) is 0 Å². The van der Waals surface area contributed by atoms with Crippen molar-refractivity contribution in [3.63, 3.8) is 0 Å². The molecule has 1 amide bonds. The molecule has 23 heavy (non-hydrogen) atoms. The molecule has 0 aromatic heterocycles. The number of carbonyl (C=O) groups excluding carboxylic acids is 1. The van der Waals surface area contributed by atoms with Gasteiger partial charge in [-0.25, -0.2) is 4.39 Å². The van der Waals surface area contributed by atoms with Crippen LogP contribution in [-0.2, 0) is 11.2 Å². The molecule has 1 atom stereocenters. The molecule has 122 valence electrons. The summed E-state index contributed by atoms with van der Waals surface area (Å²) in [5, 5.41) is 0. The third-order valence-electron chi connectivity index (χ3n) is 3.21. The average molecular weight is 327 g/mol. The Balaban J connectivity index is 2.17. The molecule has 0 saturated heterocycles. The lowest BCUT2D eigenvalue weighted by atomic mass is 9.91. The maximum Gasteiger partial charge on any atom is 0.573 e. The zero-order valence-electron chi connectivity index (χ0n) is 11.8. The van der Waals surface area contributed by atoms with Crippen LogP contribution in [0, 0.1) is 5.82 Å². The van der Waals surface area contributed by atoms with Gasteiger partial charge in [0.05, 0.1) is 5.92 Å². The van der Waals surface area contributed by atoms with E-state index in [1.807, 2.05) is 0 Å². The van der Waals surface area contributed by atoms with E-state index >= 15 is 0 Å². The fourth-order valence-corrected chi connectivity index (χ4v) is 2.14. The Morgan fingerprint density at radius 1 is 1.04 bits per heavy atom. The van der Waals surface area contributed by atoms with Crippen molar-refractivity contribution in [2.24, 2.45) is 5.73 Å². The number of rotatable bonds is 5. The average Bonchev–Trinajstić information content (AvgIpc) is 2.46. The first-order chi connectivity index (χ1) is 10.7. The molecular weight excluding hydrogens is 314 g/mol. The van der Waals surface area contributed by atoms with Crippen molar-refractivity contribution in [1.29, 1.82) is 0 Å². The monoisotopic (exact) mass is 327 g/mol. The molecule has 2 aromatic rings. The molecule has 0 aliphatic rings. The van der Waals surface area contributed by atoms with Crippen LogP contribution >= 0.6 is 0 Å². The van der Waals surface area contributed by atoms with Gasteiger partial charge in [-0.15, -0.1) is 13.2 Å². The van der Waals surface area contributed by atoms with Crippen molar-refractivity contribution >= 4 is 5.91 Å². The van der Waals surface area contributed by atoms with Crippen LogP contribution in [0.4, 0.5) is 17.6 Å². The highest BCUT2D eigenvalue weighted by Gasteiger charge is 2.31. The first kappa shape index (κ1) is 16.8. The lowest BCUT2D eigenvalue weighted by Crippen LogP contribution is -2.23. The maximum atomic E-state index is 12.9. The van der Waals surface area contributed by atoms with Crippen LogP contribution in [-0.4, -0.2) is 12.3 Å². The minimum absolute atomic E-state index is 0.217. The van der Waals surface area contributed by atoms with Crippen molar-refractivity contribution in [2.75, 3.05) is 0 Å². The predicted molar refractivity (Wildman–Crippen MR) is 75.2 cm³/mol. The Morgan fingerprint density at radius 2 is 1.61 bits per heavy atom. The lowest BCUT2D eigenvalue weighted by molar-refractivity contribution is -0.274. The topological polar surface area (TPSA) is 52.3 Å². The van der Waals surface area contributed by atoms with Gasteiger partial charge in [-0.2, -0.15) is 0 Å². The zero-order chi connectivity index (χ0) is 17.0. The summed E-state index contributed by atoms with van der Waals surface area (Å²) in [4.78, 5) is 11.6. The van der Waals surface area contributed by atoms with Crippen molar-refractivity contribution in [3.8, 4) is 5.75 Å². The van der Waals surface area contributed by atoms with Crippen LogP contribution in [0.1, 0.15) is 17.0 Å². The van der Waals surface area contributed by atoms with Gasteiger partial charge in [-0.1, -0.05) is 24.3 Å². The highest BCUT2D eigenvalue weighted by atomic mass is 19.4. The highest BCUT2D eigenvalue weighted by molar-refractivity contribution is 5.82. The van der Waals surface area contributed by atoms with E-state index in [9.17, 15) is 22.4 Å². The number of alkyl halides is 3. The molecule has 3 nitrogen and oxygen atoms in total. The maximum absolute atomic E-state index is 12.9. The van der Waals surface area contributed by atoms with E-state index in [1.165, 1.54) is 36.4 Å². The lowest BCUT2D eigenvalue weighted by Gasteiger charge is -2.15. The summed E-state index contributed by atoms with van der Waals surface area (Å²) < 4.78 is 53.0. The van der Waals surface area contributed by atoms with E-state index in [2.05, 4.69) is 4.74 Å². The van der Waals surface area contributed by atoms with Gasteiger partial charge >= 0.3 is 6.36 Å². The molecule has 0 bridgehead atoms. The smallest absolute Gasteiger partial charge is 0.406 e. The minimum atomic E-state index is -4.78. The van der Waals surface area contributed by atoms with Gasteiger partial charge in [-0.05, 0) is 41.8 Å². The number of hydrogen-bond donors (Lipinski definition) is 1. The fraction of sp³-hybridized carbons (Fsp3) is 0.188. The summed E-state index contributed by atoms with van der Waals surface area (Å²) in [5.74, 6) is -2.15. The number of ether oxygens (including phenoxy) is 1. The number of hydrogen-bond acceptors (Lipinski definition) is 2. The van der Waals surface area contributed by atoms with Gasteiger partial charge in [-0.3, -0.25) is 4.79 Å². The molecule has 0 aliphatic heterocycles. The van der Waals surface area contributed by atoms with Crippen molar-refractivity contribution < 1.29 is 27.1 Å². The molecule has 1 unspecified atom stereocenters. The molecule has 0 heterocycles. The van der Waals surface area contributed by atoms with Gasteiger partial charge in [0.25, 0.3) is 0 Å². The van der Waals surface area contributed by atoms with Gasteiger partial charge in [0.2, 0.25) is 5.91 Å². The van der Waals surface area contributed by atoms with Gasteiger partial charge < -0.3 is 10.5 Å². The third kappa shape index (κ3) is 4.98. The van der Waals surface area contributed by atoms with Crippen molar-refractivity contribution in [1.82, 2.24) is 0 Å². The molecule has 0 saturated carbocycles. The Kier molecular flexibility index (Phi) is 4.88. The molecule has 2 N–H and O–H groups in total. The molecule has 7 heteroatoms. The van der Waals surface area contributed by atoms with Crippen molar-refractivity contribution in [3.05, 3.63) is 65.5 Å². The Morgan fingerprint density at radius 3 is 2.09 bits per heavy atom. The van der Waals surface area contributed by atoms with E-state index in [0.29, 0.717) is 11.1 Å². The number of halogens is 4. The molecule has 0 aliphatic carbocycles. The van der Waals surface area contributed by atoms with Gasteiger partial charge in [0.15, 0.2) is 0 Å².